The minimum atomic E-state index is -1.14. The van der Waals surface area contributed by atoms with Crippen molar-refractivity contribution in [2.24, 2.45) is 0 Å². The molecule has 12 nitrogen and oxygen atoms in total. The second-order valence-corrected chi connectivity index (χ2v) is 11.5. The molecule has 3 aromatic rings. The maximum Gasteiger partial charge on any atom is 0.408 e. The minimum absolute atomic E-state index is 0.129. The zero-order chi connectivity index (χ0) is 30.8. The molecule has 0 radical (unpaired) electrons. The number of ether oxygens (including phenoxy) is 2. The van der Waals surface area contributed by atoms with Crippen LogP contribution in [0.2, 0.25) is 0 Å². The number of carbonyl (C=O) groups is 2. The zero-order valence-corrected chi connectivity index (χ0v) is 24.9. The van der Waals surface area contributed by atoms with E-state index in [-0.39, 0.29) is 29.3 Å². The van der Waals surface area contributed by atoms with Gasteiger partial charge in [0.05, 0.1) is 17.8 Å². The molecule has 2 N–H and O–H groups in total. The molecule has 1 aliphatic rings. The van der Waals surface area contributed by atoms with E-state index in [4.69, 9.17) is 14.0 Å². The number of aromatic nitrogens is 3. The highest BCUT2D eigenvalue weighted by Gasteiger charge is 2.33. The molecule has 2 atom stereocenters. The van der Waals surface area contributed by atoms with Crippen molar-refractivity contribution in [3.63, 3.8) is 0 Å². The average molecular weight is 577 g/mol. The fraction of sp³-hybridized carbons (Fsp3) is 0.467. The van der Waals surface area contributed by atoms with Gasteiger partial charge in [-0.15, -0.1) is 0 Å². The second-order valence-electron chi connectivity index (χ2n) is 11.5. The molecule has 0 spiro atoms. The molecule has 0 saturated heterocycles. The number of fused-ring (bicyclic) bond motifs is 1. The van der Waals surface area contributed by atoms with Gasteiger partial charge in [-0.2, -0.15) is 10.2 Å². The predicted molar refractivity (Wildman–Crippen MR) is 152 cm³/mol. The summed E-state index contributed by atoms with van der Waals surface area (Å²) in [5.41, 5.74) is 3.79. The van der Waals surface area contributed by atoms with Gasteiger partial charge >= 0.3 is 6.09 Å². The lowest BCUT2D eigenvalue weighted by Crippen LogP contribution is -2.55. The molecule has 12 heteroatoms. The van der Waals surface area contributed by atoms with Gasteiger partial charge in [-0.05, 0) is 77.6 Å². The van der Waals surface area contributed by atoms with E-state index >= 15 is 0 Å². The van der Waals surface area contributed by atoms with Crippen LogP contribution < -0.4 is 10.1 Å². The number of nitrogens with one attached hydrogen (secondary N) is 1. The van der Waals surface area contributed by atoms with Crippen molar-refractivity contribution in [1.82, 2.24) is 25.3 Å². The first kappa shape index (κ1) is 30.5. The Morgan fingerprint density at radius 1 is 1.24 bits per heavy atom. The molecule has 1 aromatic carbocycles. The van der Waals surface area contributed by atoms with E-state index in [1.165, 1.54) is 13.1 Å². The van der Waals surface area contributed by atoms with Crippen LogP contribution >= 0.6 is 0 Å². The first-order chi connectivity index (χ1) is 19.8. The first-order valence-corrected chi connectivity index (χ1v) is 13.8. The van der Waals surface area contributed by atoms with Crippen molar-refractivity contribution in [2.45, 2.75) is 85.3 Å². The molecule has 2 amide bonds. The van der Waals surface area contributed by atoms with Gasteiger partial charge in [0.1, 0.15) is 23.3 Å². The third-order valence-electron chi connectivity index (χ3n) is 6.65. The molecule has 0 aliphatic carbocycles. The Bertz CT molecular complexity index is 1520. The Morgan fingerprint density at radius 3 is 2.62 bits per heavy atom. The lowest BCUT2D eigenvalue weighted by Gasteiger charge is -2.34. The Morgan fingerprint density at radius 2 is 1.98 bits per heavy atom. The number of nitrogens with zero attached hydrogens (tertiary/aromatic N) is 5. The SMILES string of the molecule is Cc1c(-c2noc(-c3cnc(OC(C)C)c(C#N)c3)n2)ccc2c1CCN(C(=O)[C@@H](NC(=O)OC(C)(C)C)[C@@H](C)O)C2. The molecular weight excluding hydrogens is 540 g/mol. The lowest BCUT2D eigenvalue weighted by molar-refractivity contribution is -0.137. The summed E-state index contributed by atoms with van der Waals surface area (Å²) < 4.78 is 16.4. The summed E-state index contributed by atoms with van der Waals surface area (Å²) in [6.45, 7) is 13.0. The zero-order valence-electron chi connectivity index (χ0n) is 24.9. The van der Waals surface area contributed by atoms with Crippen LogP contribution in [0.15, 0.2) is 28.9 Å². The quantitative estimate of drug-likeness (QED) is 0.421. The smallest absolute Gasteiger partial charge is 0.408 e. The van der Waals surface area contributed by atoms with Crippen LogP contribution in [0.4, 0.5) is 4.79 Å². The van der Waals surface area contributed by atoms with Crippen LogP contribution in [0, 0.1) is 18.3 Å². The van der Waals surface area contributed by atoms with Crippen LogP contribution in [0.5, 0.6) is 5.88 Å². The monoisotopic (exact) mass is 576 g/mol. The van der Waals surface area contributed by atoms with Gasteiger partial charge in [-0.3, -0.25) is 4.79 Å². The largest absolute Gasteiger partial charge is 0.474 e. The van der Waals surface area contributed by atoms with Crippen molar-refractivity contribution in [3.05, 3.63) is 46.6 Å². The third kappa shape index (κ3) is 6.86. The molecule has 1 aliphatic heterocycles. The van der Waals surface area contributed by atoms with E-state index in [2.05, 4.69) is 26.5 Å². The van der Waals surface area contributed by atoms with Crippen molar-refractivity contribution in [1.29, 1.82) is 5.26 Å². The van der Waals surface area contributed by atoms with Crippen molar-refractivity contribution >= 4 is 12.0 Å². The van der Waals surface area contributed by atoms with E-state index in [9.17, 15) is 20.0 Å². The fourth-order valence-corrected chi connectivity index (χ4v) is 4.71. The van der Waals surface area contributed by atoms with Gasteiger partial charge in [0, 0.05) is 24.8 Å². The Balaban J connectivity index is 1.52. The number of aliphatic hydroxyl groups is 1. The average Bonchev–Trinajstić information content (AvgIpc) is 3.40. The Labute approximate surface area is 244 Å². The lowest BCUT2D eigenvalue weighted by atomic mass is 9.91. The van der Waals surface area contributed by atoms with Gasteiger partial charge in [-0.1, -0.05) is 17.3 Å². The van der Waals surface area contributed by atoms with Gasteiger partial charge in [0.2, 0.25) is 17.6 Å². The number of pyridine rings is 1. The van der Waals surface area contributed by atoms with Crippen molar-refractivity contribution in [3.8, 4) is 34.8 Å². The summed E-state index contributed by atoms with van der Waals surface area (Å²) in [4.78, 5) is 36.0. The highest BCUT2D eigenvalue weighted by atomic mass is 16.6. The van der Waals surface area contributed by atoms with E-state index in [1.807, 2.05) is 32.9 Å². The van der Waals surface area contributed by atoms with Gasteiger partial charge in [0.25, 0.3) is 5.89 Å². The Hall–Kier alpha value is -4.50. The standard InChI is InChI=1S/C30H36N6O6/c1-16(2)40-26-20(13-31)12-21(14-32-26)27-34-25(35-42-27)23-9-8-19-15-36(11-10-22(19)17(23)3)28(38)24(18(4)37)33-29(39)41-30(5,6)7/h8-9,12,14,16,18,24,37H,10-11,15H2,1-7H3,(H,33,39)/t18-,24+/m1/s1. The molecule has 0 fully saturated rings. The molecular formula is C30H36N6O6. The number of rotatable bonds is 7. The number of hydrogen-bond acceptors (Lipinski definition) is 10. The number of alkyl carbamates (subject to hydrolysis) is 1. The molecule has 3 heterocycles. The van der Waals surface area contributed by atoms with Gasteiger partial charge < -0.3 is 29.3 Å². The van der Waals surface area contributed by atoms with E-state index in [0.717, 1.165) is 22.3 Å². The van der Waals surface area contributed by atoms with E-state index in [1.54, 1.807) is 31.7 Å². The number of amides is 2. The molecule has 42 heavy (non-hydrogen) atoms. The predicted octanol–water partition coefficient (Wildman–Crippen LogP) is 3.92. The molecule has 0 unspecified atom stereocenters. The molecule has 4 rings (SSSR count). The topological polar surface area (TPSA) is 164 Å². The number of benzene rings is 1. The van der Waals surface area contributed by atoms with Crippen molar-refractivity contribution in [2.75, 3.05) is 6.54 Å². The Kier molecular flexibility index (Phi) is 8.82. The van der Waals surface area contributed by atoms with E-state index < -0.39 is 23.8 Å². The fourth-order valence-electron chi connectivity index (χ4n) is 4.71. The van der Waals surface area contributed by atoms with Crippen LogP contribution in [0.3, 0.4) is 0 Å². The maximum atomic E-state index is 13.3. The molecule has 0 saturated carbocycles. The summed E-state index contributed by atoms with van der Waals surface area (Å²) in [5, 5.41) is 26.5. The van der Waals surface area contributed by atoms with Crippen LogP contribution in [0.25, 0.3) is 22.8 Å². The molecule has 2 aromatic heterocycles. The first-order valence-electron chi connectivity index (χ1n) is 13.8. The van der Waals surface area contributed by atoms with Crippen LogP contribution in [-0.4, -0.2) is 67.5 Å². The molecule has 0 bridgehead atoms. The summed E-state index contributed by atoms with van der Waals surface area (Å²) >= 11 is 0. The second kappa shape index (κ2) is 12.2. The summed E-state index contributed by atoms with van der Waals surface area (Å²) in [7, 11) is 0. The summed E-state index contributed by atoms with van der Waals surface area (Å²) in [6.07, 6.45) is 0.0902. The van der Waals surface area contributed by atoms with Gasteiger partial charge in [-0.25, -0.2) is 9.78 Å². The number of carbonyl (C=O) groups excluding carboxylic acids is 2. The minimum Gasteiger partial charge on any atom is -0.474 e. The van der Waals surface area contributed by atoms with Crippen LogP contribution in [-0.2, 0) is 22.5 Å². The number of nitriles is 1. The van der Waals surface area contributed by atoms with Crippen LogP contribution in [0.1, 0.15) is 63.8 Å². The highest BCUT2D eigenvalue weighted by Crippen LogP contribution is 2.32. The van der Waals surface area contributed by atoms with E-state index in [0.29, 0.717) is 30.9 Å². The highest BCUT2D eigenvalue weighted by molar-refractivity contribution is 5.86. The van der Waals surface area contributed by atoms with Gasteiger partial charge in [0.15, 0.2) is 0 Å². The van der Waals surface area contributed by atoms with Crippen molar-refractivity contribution < 1.29 is 28.7 Å². The maximum absolute atomic E-state index is 13.3. The normalized spacial score (nSPS) is 14.5. The molecule has 222 valence electrons. The summed E-state index contributed by atoms with van der Waals surface area (Å²) in [5.74, 6) is 0.469. The third-order valence-corrected chi connectivity index (χ3v) is 6.65. The number of hydrogen-bond donors (Lipinski definition) is 2. The number of aliphatic hydroxyl groups excluding tert-OH is 1. The summed E-state index contributed by atoms with van der Waals surface area (Å²) in [6, 6.07) is 6.35.